The minimum atomic E-state index is 0.858. The van der Waals surface area contributed by atoms with Crippen molar-refractivity contribution < 1.29 is 4.74 Å². The number of hydrogen-bond donors (Lipinski definition) is 0. The van der Waals surface area contributed by atoms with Crippen molar-refractivity contribution in [2.75, 3.05) is 16.9 Å². The SMILES string of the molecule is COc1ccc(N(c2ccccc2)c2ccc(-c3ccc(N(c4ccccc4)c4ccc(C)cc4)cc3)cc2)c(C)c1. The quantitative estimate of drug-likeness (QED) is 0.189. The molecule has 0 saturated carbocycles. The van der Waals surface area contributed by atoms with Gasteiger partial charge in [-0.25, -0.2) is 0 Å². The highest BCUT2D eigenvalue weighted by Gasteiger charge is 2.16. The Balaban J connectivity index is 1.32. The van der Waals surface area contributed by atoms with E-state index < -0.39 is 0 Å². The number of aryl methyl sites for hydroxylation is 2. The van der Waals surface area contributed by atoms with E-state index in [1.807, 2.05) is 12.1 Å². The number of para-hydroxylation sites is 2. The summed E-state index contributed by atoms with van der Waals surface area (Å²) >= 11 is 0. The number of ether oxygens (including phenoxy) is 1. The normalized spacial score (nSPS) is 10.7. The molecule has 0 aliphatic rings. The second kappa shape index (κ2) is 12.1. The van der Waals surface area contributed by atoms with Crippen molar-refractivity contribution in [3.8, 4) is 16.9 Å². The first-order valence-corrected chi connectivity index (χ1v) is 14.2. The van der Waals surface area contributed by atoms with E-state index in [0.717, 1.165) is 45.4 Å². The van der Waals surface area contributed by atoms with E-state index in [0.29, 0.717) is 0 Å². The van der Waals surface area contributed by atoms with Crippen LogP contribution in [0.3, 0.4) is 0 Å². The second-order valence-electron chi connectivity index (χ2n) is 10.4. The molecule has 42 heavy (non-hydrogen) atoms. The number of methoxy groups -OCH3 is 1. The molecule has 0 aromatic heterocycles. The largest absolute Gasteiger partial charge is 0.497 e. The second-order valence-corrected chi connectivity index (χ2v) is 10.4. The van der Waals surface area contributed by atoms with Gasteiger partial charge in [0.15, 0.2) is 0 Å². The fourth-order valence-corrected chi connectivity index (χ4v) is 5.33. The van der Waals surface area contributed by atoms with Crippen LogP contribution in [0.15, 0.2) is 152 Å². The zero-order valence-corrected chi connectivity index (χ0v) is 24.2. The Morgan fingerprint density at radius 1 is 0.429 bits per heavy atom. The predicted octanol–water partition coefficient (Wildman–Crippen LogP) is 10.9. The third kappa shape index (κ3) is 5.63. The van der Waals surface area contributed by atoms with E-state index in [2.05, 4.69) is 163 Å². The molecule has 0 radical (unpaired) electrons. The maximum atomic E-state index is 5.46. The van der Waals surface area contributed by atoms with Crippen LogP contribution < -0.4 is 14.5 Å². The van der Waals surface area contributed by atoms with Gasteiger partial charge in [0.2, 0.25) is 0 Å². The predicted molar refractivity (Wildman–Crippen MR) is 177 cm³/mol. The van der Waals surface area contributed by atoms with Gasteiger partial charge in [0, 0.05) is 34.1 Å². The molecule has 3 nitrogen and oxygen atoms in total. The van der Waals surface area contributed by atoms with Crippen LogP contribution >= 0.6 is 0 Å². The molecule has 0 saturated heterocycles. The average molecular weight is 547 g/mol. The third-order valence-electron chi connectivity index (χ3n) is 7.55. The lowest BCUT2D eigenvalue weighted by Crippen LogP contribution is -2.11. The van der Waals surface area contributed by atoms with Gasteiger partial charge in [-0.1, -0.05) is 78.4 Å². The van der Waals surface area contributed by atoms with Crippen molar-refractivity contribution in [2.24, 2.45) is 0 Å². The maximum Gasteiger partial charge on any atom is 0.119 e. The van der Waals surface area contributed by atoms with Gasteiger partial charge in [-0.3, -0.25) is 0 Å². The van der Waals surface area contributed by atoms with Gasteiger partial charge in [0.05, 0.1) is 7.11 Å². The highest BCUT2D eigenvalue weighted by atomic mass is 16.5. The third-order valence-corrected chi connectivity index (χ3v) is 7.55. The van der Waals surface area contributed by atoms with Crippen LogP contribution in [0.25, 0.3) is 11.1 Å². The molecule has 6 aromatic rings. The van der Waals surface area contributed by atoms with Gasteiger partial charge >= 0.3 is 0 Å². The number of nitrogens with zero attached hydrogens (tertiary/aromatic N) is 2. The summed E-state index contributed by atoms with van der Waals surface area (Å²) in [5, 5.41) is 0. The number of hydrogen-bond acceptors (Lipinski definition) is 3. The van der Waals surface area contributed by atoms with E-state index >= 15 is 0 Å². The molecule has 3 heteroatoms. The van der Waals surface area contributed by atoms with Crippen molar-refractivity contribution in [2.45, 2.75) is 13.8 Å². The van der Waals surface area contributed by atoms with Gasteiger partial charge in [-0.15, -0.1) is 0 Å². The number of anilines is 6. The molecule has 206 valence electrons. The molecule has 0 atom stereocenters. The molecule has 0 N–H and O–H groups in total. The topological polar surface area (TPSA) is 15.7 Å². The first-order valence-electron chi connectivity index (χ1n) is 14.2. The van der Waals surface area contributed by atoms with Crippen LogP contribution in [0.5, 0.6) is 5.75 Å². The standard InChI is InChI=1S/C39H34N2O/c1-29-14-20-35(21-15-29)40(33-10-6-4-7-11-33)36-22-16-31(17-23-36)32-18-24-37(25-19-32)41(34-12-8-5-9-13-34)39-27-26-38(42-3)28-30(39)2/h4-28H,1-3H3. The van der Waals surface area contributed by atoms with E-state index in [-0.39, 0.29) is 0 Å². The van der Waals surface area contributed by atoms with Gasteiger partial charge in [-0.05, 0) is 109 Å². The van der Waals surface area contributed by atoms with Crippen molar-refractivity contribution >= 4 is 34.1 Å². The Morgan fingerprint density at radius 3 is 1.33 bits per heavy atom. The first-order chi connectivity index (χ1) is 20.6. The minimum Gasteiger partial charge on any atom is -0.497 e. The monoisotopic (exact) mass is 546 g/mol. The van der Waals surface area contributed by atoms with E-state index in [4.69, 9.17) is 4.74 Å². The van der Waals surface area contributed by atoms with E-state index in [1.54, 1.807) is 7.11 Å². The molecular weight excluding hydrogens is 512 g/mol. The van der Waals surface area contributed by atoms with Crippen LogP contribution in [0.2, 0.25) is 0 Å². The molecule has 0 aliphatic carbocycles. The van der Waals surface area contributed by atoms with Crippen LogP contribution in [0.1, 0.15) is 11.1 Å². The Morgan fingerprint density at radius 2 is 0.857 bits per heavy atom. The summed E-state index contributed by atoms with van der Waals surface area (Å²) in [5.41, 5.74) is 11.5. The molecule has 0 bridgehead atoms. The minimum absolute atomic E-state index is 0.858. The summed E-state index contributed by atoms with van der Waals surface area (Å²) in [6.45, 7) is 4.24. The lowest BCUT2D eigenvalue weighted by molar-refractivity contribution is 0.414. The Labute approximate surface area is 248 Å². The zero-order valence-electron chi connectivity index (χ0n) is 24.2. The number of rotatable bonds is 8. The fraction of sp³-hybridized carbons (Fsp3) is 0.0769. The van der Waals surface area contributed by atoms with Gasteiger partial charge in [0.25, 0.3) is 0 Å². The summed E-state index contributed by atoms with van der Waals surface area (Å²) in [6.07, 6.45) is 0. The molecule has 0 spiro atoms. The summed E-state index contributed by atoms with van der Waals surface area (Å²) < 4.78 is 5.46. The lowest BCUT2D eigenvalue weighted by Gasteiger charge is -2.27. The highest BCUT2D eigenvalue weighted by Crippen LogP contribution is 2.39. The summed E-state index contributed by atoms with van der Waals surface area (Å²) in [4.78, 5) is 4.59. The maximum absolute atomic E-state index is 5.46. The molecule has 6 rings (SSSR count). The van der Waals surface area contributed by atoms with Crippen molar-refractivity contribution in [3.05, 3.63) is 163 Å². The summed E-state index contributed by atoms with van der Waals surface area (Å²) in [5.74, 6) is 0.858. The van der Waals surface area contributed by atoms with Gasteiger partial charge < -0.3 is 14.5 Å². The molecule has 0 amide bonds. The Hall–Kier alpha value is -5.28. The van der Waals surface area contributed by atoms with E-state index in [9.17, 15) is 0 Å². The van der Waals surface area contributed by atoms with E-state index in [1.165, 1.54) is 16.7 Å². The fourth-order valence-electron chi connectivity index (χ4n) is 5.33. The highest BCUT2D eigenvalue weighted by molar-refractivity contribution is 5.81. The molecule has 0 fully saturated rings. The molecule has 6 aromatic carbocycles. The van der Waals surface area contributed by atoms with Crippen LogP contribution in [-0.4, -0.2) is 7.11 Å². The summed E-state index contributed by atoms with van der Waals surface area (Å²) in [7, 11) is 1.70. The molecule has 0 aliphatic heterocycles. The van der Waals surface area contributed by atoms with Crippen molar-refractivity contribution in [1.29, 1.82) is 0 Å². The van der Waals surface area contributed by atoms with Crippen molar-refractivity contribution in [3.63, 3.8) is 0 Å². The summed E-state index contributed by atoms with van der Waals surface area (Å²) in [6, 6.07) is 53.5. The smallest absolute Gasteiger partial charge is 0.119 e. The van der Waals surface area contributed by atoms with Crippen LogP contribution in [0, 0.1) is 13.8 Å². The van der Waals surface area contributed by atoms with Crippen LogP contribution in [-0.2, 0) is 0 Å². The zero-order chi connectivity index (χ0) is 28.9. The molecule has 0 unspecified atom stereocenters. The van der Waals surface area contributed by atoms with Crippen LogP contribution in [0.4, 0.5) is 34.1 Å². The number of benzene rings is 6. The Bertz CT molecular complexity index is 1750. The van der Waals surface area contributed by atoms with Gasteiger partial charge in [-0.2, -0.15) is 0 Å². The molecular formula is C39H34N2O. The van der Waals surface area contributed by atoms with Gasteiger partial charge in [0.1, 0.15) is 5.75 Å². The lowest BCUT2D eigenvalue weighted by atomic mass is 10.0. The Kier molecular flexibility index (Phi) is 7.74. The van der Waals surface area contributed by atoms with Crippen molar-refractivity contribution in [1.82, 2.24) is 0 Å². The molecule has 0 heterocycles. The first kappa shape index (κ1) is 26.9. The average Bonchev–Trinajstić information content (AvgIpc) is 3.05.